The minimum atomic E-state index is 0.115. The van der Waals surface area contributed by atoms with E-state index in [0.717, 1.165) is 5.56 Å². The number of carbonyl (C=O) groups is 1. The van der Waals surface area contributed by atoms with Crippen molar-refractivity contribution in [3.05, 3.63) is 30.4 Å². The molecule has 1 amide bonds. The van der Waals surface area contributed by atoms with Crippen LogP contribution < -0.4 is 0 Å². The van der Waals surface area contributed by atoms with Gasteiger partial charge in [0.15, 0.2) is 0 Å². The molecule has 1 fully saturated rings. The third-order valence-electron chi connectivity index (χ3n) is 2.56. The quantitative estimate of drug-likeness (QED) is 0.826. The van der Waals surface area contributed by atoms with Crippen molar-refractivity contribution in [1.82, 2.24) is 20.0 Å². The molecule has 3 rings (SSSR count). The molecule has 92 valence electrons. The molecule has 0 radical (unpaired) electrons. The Kier molecular flexibility index (Phi) is 2.97. The van der Waals surface area contributed by atoms with E-state index in [2.05, 4.69) is 15.1 Å². The van der Waals surface area contributed by atoms with Crippen molar-refractivity contribution in [2.75, 3.05) is 11.6 Å². The van der Waals surface area contributed by atoms with Crippen LogP contribution in [0.25, 0.3) is 11.4 Å². The summed E-state index contributed by atoms with van der Waals surface area (Å²) >= 11 is 1.59. The van der Waals surface area contributed by atoms with Crippen LogP contribution in [0.1, 0.15) is 5.89 Å². The molecular weight excluding hydrogens is 252 g/mol. The highest BCUT2D eigenvalue weighted by molar-refractivity contribution is 8.00. The molecule has 0 atom stereocenters. The van der Waals surface area contributed by atoms with Gasteiger partial charge in [0, 0.05) is 18.0 Å². The monoisotopic (exact) mass is 262 g/mol. The fraction of sp³-hybridized carbons (Fsp3) is 0.273. The molecule has 2 aromatic rings. The number of aromatic nitrogens is 3. The van der Waals surface area contributed by atoms with Crippen molar-refractivity contribution < 1.29 is 9.32 Å². The fourth-order valence-electron chi connectivity index (χ4n) is 1.64. The molecule has 0 aromatic carbocycles. The number of hydrogen-bond donors (Lipinski definition) is 0. The summed E-state index contributed by atoms with van der Waals surface area (Å²) in [5.41, 5.74) is 0.849. The number of hydrogen-bond acceptors (Lipinski definition) is 6. The van der Waals surface area contributed by atoms with Crippen molar-refractivity contribution in [3.63, 3.8) is 0 Å². The summed E-state index contributed by atoms with van der Waals surface area (Å²) in [5.74, 6) is 2.31. The summed E-state index contributed by atoms with van der Waals surface area (Å²) in [7, 11) is 0. The van der Waals surface area contributed by atoms with E-state index in [0.29, 0.717) is 29.9 Å². The largest absolute Gasteiger partial charge is 0.337 e. The van der Waals surface area contributed by atoms with Crippen LogP contribution in [-0.4, -0.2) is 37.6 Å². The molecule has 1 aliphatic rings. The molecule has 0 saturated carbocycles. The minimum absolute atomic E-state index is 0.115. The van der Waals surface area contributed by atoms with Gasteiger partial charge in [-0.2, -0.15) is 4.98 Å². The summed E-state index contributed by atoms with van der Waals surface area (Å²) in [6, 6.07) is 3.62. The number of amides is 1. The second-order valence-electron chi connectivity index (χ2n) is 3.82. The van der Waals surface area contributed by atoms with E-state index >= 15 is 0 Å². The number of nitrogens with zero attached hydrogens (tertiary/aromatic N) is 4. The smallest absolute Gasteiger partial charge is 0.246 e. The third-order valence-corrected chi connectivity index (χ3v) is 3.50. The lowest BCUT2D eigenvalue weighted by Gasteiger charge is -2.10. The number of rotatable bonds is 3. The van der Waals surface area contributed by atoms with Gasteiger partial charge < -0.3 is 9.42 Å². The molecule has 0 spiro atoms. The van der Waals surface area contributed by atoms with Crippen molar-refractivity contribution in [2.24, 2.45) is 0 Å². The van der Waals surface area contributed by atoms with Gasteiger partial charge in [0.2, 0.25) is 17.6 Å². The summed E-state index contributed by atoms with van der Waals surface area (Å²) in [6.45, 7) is 0.379. The van der Waals surface area contributed by atoms with E-state index in [1.807, 2.05) is 12.1 Å². The van der Waals surface area contributed by atoms with Crippen LogP contribution in [0.4, 0.5) is 0 Å². The summed E-state index contributed by atoms with van der Waals surface area (Å²) in [5, 5.41) is 3.89. The number of carbonyl (C=O) groups excluding carboxylic acids is 1. The SMILES string of the molecule is O=C1CSCN1Cc1nc(-c2ccncc2)no1. The van der Waals surface area contributed by atoms with Crippen LogP contribution in [0.2, 0.25) is 0 Å². The van der Waals surface area contributed by atoms with Crippen LogP contribution in [0, 0.1) is 0 Å². The van der Waals surface area contributed by atoms with Crippen molar-refractivity contribution >= 4 is 17.7 Å². The standard InChI is InChI=1S/C11H10N4O2S/c16-10-6-18-7-15(10)5-9-13-11(14-17-9)8-1-3-12-4-2-8/h1-4H,5-7H2. The second kappa shape index (κ2) is 4.77. The van der Waals surface area contributed by atoms with E-state index < -0.39 is 0 Å². The first-order chi connectivity index (χ1) is 8.83. The van der Waals surface area contributed by atoms with Crippen molar-refractivity contribution in [3.8, 4) is 11.4 Å². The van der Waals surface area contributed by atoms with Gasteiger partial charge in [-0.25, -0.2) is 0 Å². The van der Waals surface area contributed by atoms with Crippen LogP contribution in [0.3, 0.4) is 0 Å². The lowest BCUT2D eigenvalue weighted by Crippen LogP contribution is -2.25. The van der Waals surface area contributed by atoms with E-state index in [1.165, 1.54) is 0 Å². The molecule has 0 unspecified atom stereocenters. The zero-order valence-electron chi connectivity index (χ0n) is 9.44. The summed E-state index contributed by atoms with van der Waals surface area (Å²) in [4.78, 5) is 21.4. The molecule has 7 heteroatoms. The van der Waals surface area contributed by atoms with Crippen LogP contribution in [0.15, 0.2) is 29.0 Å². The average molecular weight is 262 g/mol. The molecule has 0 N–H and O–H groups in total. The maximum atomic E-state index is 11.5. The van der Waals surface area contributed by atoms with Crippen LogP contribution >= 0.6 is 11.8 Å². The Hall–Kier alpha value is -1.89. The predicted molar refractivity (Wildman–Crippen MR) is 65.4 cm³/mol. The molecule has 0 aliphatic carbocycles. The zero-order valence-corrected chi connectivity index (χ0v) is 10.3. The van der Waals surface area contributed by atoms with Crippen LogP contribution in [0.5, 0.6) is 0 Å². The van der Waals surface area contributed by atoms with Gasteiger partial charge in [-0.15, -0.1) is 11.8 Å². The Morgan fingerprint density at radius 3 is 2.94 bits per heavy atom. The van der Waals surface area contributed by atoms with Gasteiger partial charge in [-0.3, -0.25) is 9.78 Å². The molecule has 1 saturated heterocycles. The van der Waals surface area contributed by atoms with Gasteiger partial charge in [0.25, 0.3) is 0 Å². The van der Waals surface area contributed by atoms with Gasteiger partial charge >= 0.3 is 0 Å². The van der Waals surface area contributed by atoms with E-state index in [9.17, 15) is 4.79 Å². The molecule has 18 heavy (non-hydrogen) atoms. The maximum Gasteiger partial charge on any atom is 0.246 e. The Labute approximate surface area is 107 Å². The maximum absolute atomic E-state index is 11.5. The Morgan fingerprint density at radius 1 is 1.39 bits per heavy atom. The van der Waals surface area contributed by atoms with Gasteiger partial charge in [-0.05, 0) is 12.1 Å². The van der Waals surface area contributed by atoms with Crippen molar-refractivity contribution in [2.45, 2.75) is 6.54 Å². The van der Waals surface area contributed by atoms with Gasteiger partial charge in [0.1, 0.15) is 6.54 Å². The van der Waals surface area contributed by atoms with Gasteiger partial charge in [0.05, 0.1) is 11.6 Å². The van der Waals surface area contributed by atoms with Crippen LogP contribution in [-0.2, 0) is 11.3 Å². The number of pyridine rings is 1. The third kappa shape index (κ3) is 2.21. The fourth-order valence-corrected chi connectivity index (χ4v) is 2.54. The molecule has 1 aliphatic heterocycles. The molecular formula is C11H10N4O2S. The average Bonchev–Trinajstić information content (AvgIpc) is 3.02. The normalized spacial score (nSPS) is 15.3. The topological polar surface area (TPSA) is 72.1 Å². The molecule has 0 bridgehead atoms. The first-order valence-corrected chi connectivity index (χ1v) is 6.57. The van der Waals surface area contributed by atoms with Crippen molar-refractivity contribution in [1.29, 1.82) is 0 Å². The lowest BCUT2D eigenvalue weighted by atomic mass is 10.2. The highest BCUT2D eigenvalue weighted by Crippen LogP contribution is 2.19. The minimum Gasteiger partial charge on any atom is -0.337 e. The highest BCUT2D eigenvalue weighted by atomic mass is 32.2. The summed E-state index contributed by atoms with van der Waals surface area (Å²) in [6.07, 6.45) is 3.35. The lowest BCUT2D eigenvalue weighted by molar-refractivity contribution is -0.127. The number of thioether (sulfide) groups is 1. The van der Waals surface area contributed by atoms with Gasteiger partial charge in [-0.1, -0.05) is 5.16 Å². The first-order valence-electron chi connectivity index (χ1n) is 5.41. The highest BCUT2D eigenvalue weighted by Gasteiger charge is 2.23. The van der Waals surface area contributed by atoms with E-state index in [4.69, 9.17) is 4.52 Å². The predicted octanol–water partition coefficient (Wildman–Crippen LogP) is 1.16. The van der Waals surface area contributed by atoms with E-state index in [-0.39, 0.29) is 5.91 Å². The molecule has 6 nitrogen and oxygen atoms in total. The first kappa shape index (κ1) is 11.2. The Bertz CT molecular complexity index is 557. The van der Waals surface area contributed by atoms with E-state index in [1.54, 1.807) is 29.1 Å². The Balaban J connectivity index is 1.76. The molecule has 2 aromatic heterocycles. The summed E-state index contributed by atoms with van der Waals surface area (Å²) < 4.78 is 5.14. The second-order valence-corrected chi connectivity index (χ2v) is 4.77. The molecule has 3 heterocycles. The zero-order chi connectivity index (χ0) is 12.4. The Morgan fingerprint density at radius 2 is 2.22 bits per heavy atom.